The van der Waals surface area contributed by atoms with E-state index in [9.17, 15) is 0 Å². The number of rotatable bonds is 4. The largest absolute Gasteiger partial charge is 0.539 e. The van der Waals surface area contributed by atoms with E-state index in [4.69, 9.17) is 4.43 Å². The van der Waals surface area contributed by atoms with Gasteiger partial charge in [0.15, 0.2) is 0 Å². The molecule has 0 aliphatic carbocycles. The molecule has 0 unspecified atom stereocenters. The van der Waals surface area contributed by atoms with Crippen LogP contribution in [0.2, 0.25) is 0 Å². The third-order valence-corrected chi connectivity index (χ3v) is 4.39. The third kappa shape index (κ3) is 2.41. The Morgan fingerprint density at radius 1 is 0.812 bits per heavy atom. The minimum Gasteiger partial charge on any atom is -0.539 e. The van der Waals surface area contributed by atoms with Crippen molar-refractivity contribution in [1.29, 1.82) is 0 Å². The molecule has 0 aromatic heterocycles. The van der Waals surface area contributed by atoms with Gasteiger partial charge in [-0.3, -0.25) is 0 Å². The zero-order chi connectivity index (χ0) is 11.2. The predicted octanol–water partition coefficient (Wildman–Crippen LogP) is 1.95. The quantitative estimate of drug-likeness (QED) is 0.571. The van der Waals surface area contributed by atoms with Crippen LogP contribution in [-0.4, -0.2) is 9.04 Å². The van der Waals surface area contributed by atoms with Gasteiger partial charge in [0.25, 0.3) is 0 Å². The van der Waals surface area contributed by atoms with Gasteiger partial charge in [-0.2, -0.15) is 0 Å². The molecule has 0 aliphatic heterocycles. The highest BCUT2D eigenvalue weighted by Crippen LogP contribution is 1.94. The second kappa shape index (κ2) is 5.33. The second-order valence-corrected chi connectivity index (χ2v) is 5.39. The lowest BCUT2D eigenvalue weighted by molar-refractivity contribution is 0.514. The highest BCUT2D eigenvalue weighted by atomic mass is 28.3. The van der Waals surface area contributed by atoms with Gasteiger partial charge in [-0.1, -0.05) is 67.2 Å². The summed E-state index contributed by atoms with van der Waals surface area (Å²) in [7, 11) is -1.17. The molecule has 1 nitrogen and oxygen atoms in total. The van der Waals surface area contributed by atoms with Gasteiger partial charge >= 0.3 is 9.04 Å². The molecule has 2 aromatic rings. The van der Waals surface area contributed by atoms with Gasteiger partial charge in [-0.25, -0.2) is 0 Å². The Balaban J connectivity index is 2.35. The fourth-order valence-electron chi connectivity index (χ4n) is 1.57. The van der Waals surface area contributed by atoms with Gasteiger partial charge in [-0.15, -0.1) is 0 Å². The molecule has 16 heavy (non-hydrogen) atoms. The lowest BCUT2D eigenvalue weighted by Crippen LogP contribution is -2.43. The van der Waals surface area contributed by atoms with E-state index in [1.807, 2.05) is 36.4 Å². The van der Waals surface area contributed by atoms with Gasteiger partial charge in [0, 0.05) is 0 Å². The van der Waals surface area contributed by atoms with Crippen LogP contribution in [0.5, 0.6) is 0 Å². The van der Waals surface area contributed by atoms with Gasteiger partial charge in [-0.05, 0) is 10.4 Å². The molecule has 0 aliphatic rings. The first-order chi connectivity index (χ1) is 7.92. The topological polar surface area (TPSA) is 9.23 Å². The van der Waals surface area contributed by atoms with Crippen LogP contribution in [0.1, 0.15) is 0 Å². The van der Waals surface area contributed by atoms with Gasteiger partial charge < -0.3 is 4.43 Å². The maximum Gasteiger partial charge on any atom is 0.352 e. The zero-order valence-corrected chi connectivity index (χ0v) is 9.97. The fourth-order valence-corrected chi connectivity index (χ4v) is 3.33. The third-order valence-electron chi connectivity index (χ3n) is 2.27. The maximum absolute atomic E-state index is 5.68. The lowest BCUT2D eigenvalue weighted by atomic mass is 10.4. The molecule has 0 spiro atoms. The van der Waals surface area contributed by atoms with E-state index in [0.717, 1.165) is 0 Å². The average molecular weight is 225 g/mol. The standard InChI is InChI=1S/C14H13OSi/c1-2-15-16(13-9-5-3-6-10-13)14-11-7-4-8-12-14/h2-12H,1H2. The van der Waals surface area contributed by atoms with E-state index in [2.05, 4.69) is 30.8 Å². The molecule has 0 fully saturated rings. The van der Waals surface area contributed by atoms with Gasteiger partial charge in [0.1, 0.15) is 0 Å². The molecule has 2 rings (SSSR count). The monoisotopic (exact) mass is 225 g/mol. The van der Waals surface area contributed by atoms with Crippen molar-refractivity contribution in [3.05, 3.63) is 73.5 Å². The van der Waals surface area contributed by atoms with Crippen molar-refractivity contribution >= 4 is 19.4 Å². The minimum absolute atomic E-state index is 1.17. The van der Waals surface area contributed by atoms with Crippen LogP contribution >= 0.6 is 0 Å². The first-order valence-electron chi connectivity index (χ1n) is 5.17. The Hall–Kier alpha value is -1.80. The molecule has 0 amide bonds. The zero-order valence-electron chi connectivity index (χ0n) is 8.97. The number of hydrogen-bond acceptors (Lipinski definition) is 1. The molecule has 0 saturated heterocycles. The lowest BCUT2D eigenvalue weighted by Gasteiger charge is -2.13. The Morgan fingerprint density at radius 2 is 1.25 bits per heavy atom. The predicted molar refractivity (Wildman–Crippen MR) is 69.2 cm³/mol. The molecule has 2 heteroatoms. The average Bonchev–Trinajstić information content (AvgIpc) is 2.38. The first-order valence-corrected chi connectivity index (χ1v) is 6.58. The summed E-state index contributed by atoms with van der Waals surface area (Å²) < 4.78 is 5.68. The molecule has 0 atom stereocenters. The Labute approximate surface area is 97.7 Å². The molecule has 0 saturated carbocycles. The summed E-state index contributed by atoms with van der Waals surface area (Å²) in [5.74, 6) is 0. The van der Waals surface area contributed by atoms with Crippen molar-refractivity contribution in [2.75, 3.05) is 0 Å². The molecule has 0 bridgehead atoms. The van der Waals surface area contributed by atoms with Crippen LogP contribution in [0.4, 0.5) is 0 Å². The summed E-state index contributed by atoms with van der Waals surface area (Å²) in [6, 6.07) is 20.6. The smallest absolute Gasteiger partial charge is 0.352 e. The van der Waals surface area contributed by atoms with E-state index in [-0.39, 0.29) is 0 Å². The van der Waals surface area contributed by atoms with Crippen molar-refractivity contribution in [2.45, 2.75) is 0 Å². The molecule has 1 radical (unpaired) electrons. The summed E-state index contributed by atoms with van der Waals surface area (Å²) in [4.78, 5) is 0. The molecule has 79 valence electrons. The fraction of sp³-hybridized carbons (Fsp3) is 0. The second-order valence-electron chi connectivity index (χ2n) is 3.35. The van der Waals surface area contributed by atoms with E-state index < -0.39 is 9.04 Å². The van der Waals surface area contributed by atoms with Crippen LogP contribution in [0.3, 0.4) is 0 Å². The van der Waals surface area contributed by atoms with E-state index in [1.54, 1.807) is 0 Å². The Kier molecular flexibility index (Phi) is 3.56. The van der Waals surface area contributed by atoms with Gasteiger partial charge in [0.05, 0.1) is 6.26 Å². The van der Waals surface area contributed by atoms with E-state index in [1.165, 1.54) is 16.6 Å². The van der Waals surface area contributed by atoms with E-state index >= 15 is 0 Å². The minimum atomic E-state index is -1.17. The van der Waals surface area contributed by atoms with Crippen molar-refractivity contribution in [2.24, 2.45) is 0 Å². The van der Waals surface area contributed by atoms with Crippen LogP contribution in [0, 0.1) is 0 Å². The van der Waals surface area contributed by atoms with Crippen molar-refractivity contribution in [1.82, 2.24) is 0 Å². The summed E-state index contributed by atoms with van der Waals surface area (Å²) >= 11 is 0. The number of benzene rings is 2. The summed E-state index contributed by atoms with van der Waals surface area (Å²) in [6.07, 6.45) is 1.54. The van der Waals surface area contributed by atoms with Crippen molar-refractivity contribution in [3.8, 4) is 0 Å². The summed E-state index contributed by atoms with van der Waals surface area (Å²) in [5, 5.41) is 2.47. The van der Waals surface area contributed by atoms with Crippen molar-refractivity contribution in [3.63, 3.8) is 0 Å². The van der Waals surface area contributed by atoms with Crippen LogP contribution < -0.4 is 10.4 Å². The van der Waals surface area contributed by atoms with Crippen LogP contribution in [0.25, 0.3) is 0 Å². The molecular weight excluding hydrogens is 212 g/mol. The van der Waals surface area contributed by atoms with E-state index in [0.29, 0.717) is 0 Å². The molecular formula is C14H13OSi. The highest BCUT2D eigenvalue weighted by molar-refractivity contribution is 6.80. The van der Waals surface area contributed by atoms with Crippen molar-refractivity contribution < 1.29 is 4.43 Å². The molecule has 0 N–H and O–H groups in total. The van der Waals surface area contributed by atoms with Crippen LogP contribution in [0.15, 0.2) is 73.5 Å². The normalized spacial score (nSPS) is 10.1. The highest BCUT2D eigenvalue weighted by Gasteiger charge is 2.18. The summed E-state index contributed by atoms with van der Waals surface area (Å²) in [5.41, 5.74) is 0. The molecule has 2 aromatic carbocycles. The first kappa shape index (κ1) is 10.7. The number of hydrogen-bond donors (Lipinski definition) is 0. The SMILES string of the molecule is C=CO[Si](c1ccccc1)c1ccccc1. The maximum atomic E-state index is 5.68. The summed E-state index contributed by atoms with van der Waals surface area (Å²) in [6.45, 7) is 3.65. The van der Waals surface area contributed by atoms with Gasteiger partial charge in [0.2, 0.25) is 0 Å². The Morgan fingerprint density at radius 3 is 1.62 bits per heavy atom. The Bertz CT molecular complexity index is 399. The molecule has 0 heterocycles. The van der Waals surface area contributed by atoms with Crippen LogP contribution in [-0.2, 0) is 4.43 Å².